The second-order valence-electron chi connectivity index (χ2n) is 4.22. The largest absolute Gasteiger partial charge is 0.411 e. The Kier molecular flexibility index (Phi) is 6.30. The molecule has 19 heavy (non-hydrogen) atoms. The first kappa shape index (κ1) is 16.0. The summed E-state index contributed by atoms with van der Waals surface area (Å²) in [4.78, 5) is 4.21. The minimum absolute atomic E-state index is 0.0475. The van der Waals surface area contributed by atoms with E-state index in [9.17, 15) is 13.2 Å². The van der Waals surface area contributed by atoms with E-state index in [0.717, 1.165) is 13.0 Å². The molecule has 1 aromatic rings. The van der Waals surface area contributed by atoms with Gasteiger partial charge in [-0.2, -0.15) is 13.2 Å². The SMILES string of the molecule is CCCn1ccnc1C(COCC(F)(F)F)NCC. The normalized spacial score (nSPS) is 13.7. The topological polar surface area (TPSA) is 39.1 Å². The Morgan fingerprint density at radius 1 is 1.42 bits per heavy atom. The molecule has 0 aliphatic heterocycles. The molecular weight excluding hydrogens is 259 g/mol. The van der Waals surface area contributed by atoms with Crippen LogP contribution in [0.15, 0.2) is 12.4 Å². The van der Waals surface area contributed by atoms with Crippen LogP contribution in [-0.2, 0) is 11.3 Å². The van der Waals surface area contributed by atoms with E-state index in [1.807, 2.05) is 24.6 Å². The number of rotatable bonds is 8. The molecule has 0 saturated heterocycles. The van der Waals surface area contributed by atoms with Crippen molar-refractivity contribution in [1.29, 1.82) is 0 Å². The van der Waals surface area contributed by atoms with E-state index in [1.54, 1.807) is 6.20 Å². The molecule has 0 amide bonds. The third kappa shape index (κ3) is 5.61. The van der Waals surface area contributed by atoms with Gasteiger partial charge in [-0.15, -0.1) is 0 Å². The maximum absolute atomic E-state index is 12.1. The lowest BCUT2D eigenvalue weighted by atomic mass is 10.3. The molecular formula is C12H20F3N3O. The minimum atomic E-state index is -4.30. The summed E-state index contributed by atoms with van der Waals surface area (Å²) in [6.07, 6.45) is 0.118. The zero-order valence-corrected chi connectivity index (χ0v) is 11.2. The summed E-state index contributed by atoms with van der Waals surface area (Å²) >= 11 is 0. The van der Waals surface area contributed by atoms with Gasteiger partial charge in [0.05, 0.1) is 12.6 Å². The Hall–Kier alpha value is -1.08. The van der Waals surface area contributed by atoms with Crippen LogP contribution in [0.25, 0.3) is 0 Å². The number of imidazole rings is 1. The minimum Gasteiger partial charge on any atom is -0.370 e. The summed E-state index contributed by atoms with van der Waals surface area (Å²) in [6.45, 7) is 4.07. The van der Waals surface area contributed by atoms with E-state index in [2.05, 4.69) is 10.3 Å². The number of alkyl halides is 3. The van der Waals surface area contributed by atoms with Gasteiger partial charge in [-0.1, -0.05) is 13.8 Å². The summed E-state index contributed by atoms with van der Waals surface area (Å²) in [7, 11) is 0. The van der Waals surface area contributed by atoms with Gasteiger partial charge in [0.25, 0.3) is 0 Å². The Labute approximate surface area is 111 Å². The summed E-state index contributed by atoms with van der Waals surface area (Å²) in [6, 6.07) is -0.325. The molecule has 0 bridgehead atoms. The number of ether oxygens (including phenoxy) is 1. The molecule has 1 N–H and O–H groups in total. The number of hydrogen-bond acceptors (Lipinski definition) is 3. The van der Waals surface area contributed by atoms with Crippen LogP contribution < -0.4 is 5.32 Å². The van der Waals surface area contributed by atoms with Crippen molar-refractivity contribution >= 4 is 0 Å². The molecule has 1 unspecified atom stereocenters. The third-order valence-electron chi connectivity index (χ3n) is 2.52. The predicted octanol–water partition coefficient (Wildman–Crippen LogP) is 2.52. The average molecular weight is 279 g/mol. The quantitative estimate of drug-likeness (QED) is 0.794. The van der Waals surface area contributed by atoms with Gasteiger partial charge in [0.1, 0.15) is 12.4 Å². The summed E-state index contributed by atoms with van der Waals surface area (Å²) in [5.41, 5.74) is 0. The van der Waals surface area contributed by atoms with E-state index >= 15 is 0 Å². The lowest BCUT2D eigenvalue weighted by molar-refractivity contribution is -0.175. The van der Waals surface area contributed by atoms with Gasteiger partial charge < -0.3 is 14.6 Å². The number of aromatic nitrogens is 2. The van der Waals surface area contributed by atoms with Crippen molar-refractivity contribution < 1.29 is 17.9 Å². The second kappa shape index (κ2) is 7.49. The molecule has 1 heterocycles. The number of nitrogens with one attached hydrogen (secondary N) is 1. The van der Waals surface area contributed by atoms with Crippen LogP contribution in [0, 0.1) is 0 Å². The molecule has 0 aromatic carbocycles. The predicted molar refractivity (Wildman–Crippen MR) is 65.8 cm³/mol. The molecule has 0 radical (unpaired) electrons. The highest BCUT2D eigenvalue weighted by atomic mass is 19.4. The van der Waals surface area contributed by atoms with E-state index in [1.165, 1.54) is 0 Å². The van der Waals surface area contributed by atoms with Crippen molar-refractivity contribution in [2.24, 2.45) is 0 Å². The Morgan fingerprint density at radius 3 is 2.74 bits per heavy atom. The fraction of sp³-hybridized carbons (Fsp3) is 0.750. The molecule has 7 heteroatoms. The van der Waals surface area contributed by atoms with Gasteiger partial charge in [0, 0.05) is 18.9 Å². The van der Waals surface area contributed by atoms with Crippen molar-refractivity contribution in [1.82, 2.24) is 14.9 Å². The highest BCUT2D eigenvalue weighted by molar-refractivity contribution is 4.99. The molecule has 0 fully saturated rings. The monoisotopic (exact) mass is 279 g/mol. The molecule has 0 saturated carbocycles. The fourth-order valence-electron chi connectivity index (χ4n) is 1.82. The lowest BCUT2D eigenvalue weighted by Crippen LogP contribution is -2.30. The number of aryl methyl sites for hydroxylation is 1. The molecule has 0 aliphatic carbocycles. The van der Waals surface area contributed by atoms with Crippen molar-refractivity contribution in [3.8, 4) is 0 Å². The lowest BCUT2D eigenvalue weighted by Gasteiger charge is -2.19. The van der Waals surface area contributed by atoms with Gasteiger partial charge in [-0.3, -0.25) is 0 Å². The van der Waals surface area contributed by atoms with E-state index in [-0.39, 0.29) is 12.6 Å². The molecule has 1 aromatic heterocycles. The van der Waals surface area contributed by atoms with Crippen LogP contribution in [0.3, 0.4) is 0 Å². The van der Waals surface area contributed by atoms with Crippen LogP contribution in [0.4, 0.5) is 13.2 Å². The molecule has 110 valence electrons. The van der Waals surface area contributed by atoms with Gasteiger partial charge in [0.15, 0.2) is 0 Å². The highest BCUT2D eigenvalue weighted by Crippen LogP contribution is 2.17. The van der Waals surface area contributed by atoms with Crippen molar-refractivity contribution in [2.45, 2.75) is 39.0 Å². The summed E-state index contributed by atoms with van der Waals surface area (Å²) < 4.78 is 42.9. The van der Waals surface area contributed by atoms with E-state index < -0.39 is 12.8 Å². The Balaban J connectivity index is 2.63. The first-order chi connectivity index (χ1) is 8.98. The highest BCUT2D eigenvalue weighted by Gasteiger charge is 2.28. The Bertz CT molecular complexity index is 365. The Morgan fingerprint density at radius 2 is 2.16 bits per heavy atom. The van der Waals surface area contributed by atoms with Crippen molar-refractivity contribution in [3.05, 3.63) is 18.2 Å². The first-order valence-electron chi connectivity index (χ1n) is 6.36. The van der Waals surface area contributed by atoms with Gasteiger partial charge in [0.2, 0.25) is 0 Å². The maximum Gasteiger partial charge on any atom is 0.411 e. The summed E-state index contributed by atoms with van der Waals surface area (Å²) in [5, 5.41) is 3.09. The van der Waals surface area contributed by atoms with Crippen LogP contribution in [0.1, 0.15) is 32.1 Å². The number of halogens is 3. The zero-order chi connectivity index (χ0) is 14.3. The second-order valence-corrected chi connectivity index (χ2v) is 4.22. The van der Waals surface area contributed by atoms with Gasteiger partial charge in [-0.05, 0) is 13.0 Å². The standard InChI is InChI=1S/C12H20F3N3O/c1-3-6-18-7-5-17-11(18)10(16-4-2)8-19-9-12(13,14)15/h5,7,10,16H,3-4,6,8-9H2,1-2H3. The molecule has 4 nitrogen and oxygen atoms in total. The fourth-order valence-corrected chi connectivity index (χ4v) is 1.82. The van der Waals surface area contributed by atoms with Crippen LogP contribution >= 0.6 is 0 Å². The van der Waals surface area contributed by atoms with Crippen LogP contribution in [-0.4, -0.2) is 35.5 Å². The van der Waals surface area contributed by atoms with Crippen LogP contribution in [0.2, 0.25) is 0 Å². The molecule has 0 spiro atoms. The number of nitrogens with zero attached hydrogens (tertiary/aromatic N) is 2. The maximum atomic E-state index is 12.1. The van der Waals surface area contributed by atoms with Crippen LogP contribution in [0.5, 0.6) is 0 Å². The van der Waals surface area contributed by atoms with Crippen molar-refractivity contribution in [2.75, 3.05) is 19.8 Å². The first-order valence-corrected chi connectivity index (χ1v) is 6.36. The van der Waals surface area contributed by atoms with E-state index in [0.29, 0.717) is 12.4 Å². The zero-order valence-electron chi connectivity index (χ0n) is 11.2. The smallest absolute Gasteiger partial charge is 0.370 e. The van der Waals surface area contributed by atoms with E-state index in [4.69, 9.17) is 4.74 Å². The summed E-state index contributed by atoms with van der Waals surface area (Å²) in [5.74, 6) is 0.714. The molecule has 0 aliphatic rings. The molecule has 1 atom stereocenters. The molecule has 1 rings (SSSR count). The average Bonchev–Trinajstić information content (AvgIpc) is 2.75. The van der Waals surface area contributed by atoms with Gasteiger partial charge >= 0.3 is 6.18 Å². The number of hydrogen-bond donors (Lipinski definition) is 1. The van der Waals surface area contributed by atoms with Gasteiger partial charge in [-0.25, -0.2) is 4.98 Å². The number of likely N-dealkylation sites (N-methyl/N-ethyl adjacent to an activating group) is 1. The third-order valence-corrected chi connectivity index (χ3v) is 2.52. The van der Waals surface area contributed by atoms with Crippen molar-refractivity contribution in [3.63, 3.8) is 0 Å².